The molecule has 0 aromatic carbocycles. The zero-order chi connectivity index (χ0) is 15.4. The van der Waals surface area contributed by atoms with Crippen LogP contribution in [0, 0.1) is 10.4 Å². The minimum absolute atomic E-state index is 0.148. The van der Waals surface area contributed by atoms with E-state index < -0.39 is 11.1 Å². The molecule has 6 nitrogen and oxygen atoms in total. The fourth-order valence-corrected chi connectivity index (χ4v) is 2.93. The van der Waals surface area contributed by atoms with E-state index in [0.717, 1.165) is 0 Å². The molecule has 22 heavy (non-hydrogen) atoms. The molecule has 0 atom stereocenters. The Morgan fingerprint density at radius 3 is 1.45 bits per heavy atom. The van der Waals surface area contributed by atoms with Gasteiger partial charge in [0.05, 0.1) is 10.4 Å². The molecule has 0 saturated heterocycles. The Morgan fingerprint density at radius 1 is 0.727 bits per heavy atom. The monoisotopic (exact) mass is 422 g/mol. The molecule has 0 bridgehead atoms. The predicted octanol–water partition coefficient (Wildman–Crippen LogP) is 2.84. The summed E-state index contributed by atoms with van der Waals surface area (Å²) in [6.07, 6.45) is 0. The lowest BCUT2D eigenvalue weighted by Crippen LogP contribution is -2.04. The van der Waals surface area contributed by atoms with Gasteiger partial charge in [0.25, 0.3) is 11.1 Å². The first-order valence-corrected chi connectivity index (χ1v) is 7.65. The fraction of sp³-hybridized carbons (Fsp3) is 0. The molecule has 2 aromatic rings. The highest BCUT2D eigenvalue weighted by molar-refractivity contribution is 9.10. The number of hydrogen-bond donors (Lipinski definition) is 0. The second kappa shape index (κ2) is 4.72. The van der Waals surface area contributed by atoms with Gasteiger partial charge in [-0.15, -0.1) is 0 Å². The topological polar surface area (TPSA) is 86.2 Å². The van der Waals surface area contributed by atoms with E-state index in [-0.39, 0.29) is 21.8 Å². The molecule has 0 N–H and O–H groups in total. The summed E-state index contributed by atoms with van der Waals surface area (Å²) in [6, 6.07) is 6.57. The molecule has 2 aliphatic heterocycles. The Hall–Kier alpha value is -2.06. The van der Waals surface area contributed by atoms with Gasteiger partial charge in [0.2, 0.25) is 0 Å². The summed E-state index contributed by atoms with van der Waals surface area (Å²) in [4.78, 5) is 32.2. The average Bonchev–Trinajstić information content (AvgIpc) is 3.19. The van der Waals surface area contributed by atoms with Crippen LogP contribution in [0.15, 0.2) is 52.0 Å². The van der Waals surface area contributed by atoms with E-state index in [9.17, 15) is 9.59 Å². The van der Waals surface area contributed by atoms with Gasteiger partial charge in [0.1, 0.15) is 11.4 Å². The summed E-state index contributed by atoms with van der Waals surface area (Å²) < 4.78 is 11.7. The SMILES string of the molecule is O=c1nc(-c2ccc(Br)o2)c2c(=O)nc(-c3ccc(Br)o3)c1=2. The third-order valence-electron chi connectivity index (χ3n) is 3.19. The molecule has 2 aliphatic rings. The van der Waals surface area contributed by atoms with Gasteiger partial charge in [-0.3, -0.25) is 9.59 Å². The largest absolute Gasteiger partial charge is 0.448 e. The van der Waals surface area contributed by atoms with Gasteiger partial charge in [0, 0.05) is 0 Å². The maximum atomic E-state index is 12.2. The Kier molecular flexibility index (Phi) is 2.92. The molecule has 0 spiro atoms. The van der Waals surface area contributed by atoms with Crippen LogP contribution >= 0.6 is 31.9 Å². The van der Waals surface area contributed by atoms with E-state index in [0.29, 0.717) is 20.9 Å². The van der Waals surface area contributed by atoms with Gasteiger partial charge < -0.3 is 8.83 Å². The van der Waals surface area contributed by atoms with Crippen LogP contribution in [0.5, 0.6) is 0 Å². The zero-order valence-corrected chi connectivity index (χ0v) is 13.8. The lowest BCUT2D eigenvalue weighted by molar-refractivity contribution is 0.553. The first-order chi connectivity index (χ1) is 10.5. The first-order valence-electron chi connectivity index (χ1n) is 6.07. The van der Waals surface area contributed by atoms with Crippen LogP contribution in [0.3, 0.4) is 0 Å². The van der Waals surface area contributed by atoms with Crippen molar-refractivity contribution in [1.29, 1.82) is 0 Å². The minimum Gasteiger partial charge on any atom is -0.448 e. The van der Waals surface area contributed by atoms with Crippen LogP contribution in [0.4, 0.5) is 0 Å². The molecule has 0 radical (unpaired) electrons. The van der Waals surface area contributed by atoms with E-state index in [2.05, 4.69) is 41.8 Å². The standard InChI is InChI=1S/C14H4Br2N2O4/c15-7-3-1-5(21-7)11-9-10(14(20)17-11)12(18-13(9)19)6-2-4-8(16)22-6/h1-4H. The fourth-order valence-electron chi connectivity index (χ4n) is 2.32. The van der Waals surface area contributed by atoms with E-state index in [1.54, 1.807) is 24.3 Å². The number of hydrogen-bond acceptors (Lipinski definition) is 6. The van der Waals surface area contributed by atoms with Crippen LogP contribution < -0.4 is 11.1 Å². The molecular weight excluding hydrogens is 420 g/mol. The number of aromatic nitrogens is 2. The van der Waals surface area contributed by atoms with Crippen LogP contribution in [-0.2, 0) is 0 Å². The van der Waals surface area contributed by atoms with E-state index in [1.165, 1.54) is 0 Å². The lowest BCUT2D eigenvalue weighted by Gasteiger charge is -1.88. The molecule has 0 amide bonds. The maximum absolute atomic E-state index is 12.2. The summed E-state index contributed by atoms with van der Waals surface area (Å²) in [7, 11) is 0. The van der Waals surface area contributed by atoms with Gasteiger partial charge in [-0.25, -0.2) is 9.97 Å². The Labute approximate surface area is 138 Å². The van der Waals surface area contributed by atoms with E-state index in [4.69, 9.17) is 8.83 Å². The quantitative estimate of drug-likeness (QED) is 0.492. The summed E-state index contributed by atoms with van der Waals surface area (Å²) >= 11 is 6.35. The van der Waals surface area contributed by atoms with Crippen LogP contribution in [0.2, 0.25) is 0 Å². The van der Waals surface area contributed by atoms with Crippen LogP contribution in [0.25, 0.3) is 22.9 Å². The molecule has 0 aliphatic carbocycles. The van der Waals surface area contributed by atoms with Crippen molar-refractivity contribution in [1.82, 2.24) is 9.97 Å². The molecule has 4 heterocycles. The molecule has 8 heteroatoms. The molecule has 0 unspecified atom stereocenters. The van der Waals surface area contributed by atoms with Crippen molar-refractivity contribution >= 4 is 31.9 Å². The van der Waals surface area contributed by atoms with Crippen molar-refractivity contribution in [2.45, 2.75) is 0 Å². The summed E-state index contributed by atoms with van der Waals surface area (Å²) in [5, 5.41) is 0.295. The van der Waals surface area contributed by atoms with Crippen molar-refractivity contribution in [3.63, 3.8) is 0 Å². The summed E-state index contributed by atoms with van der Waals surface area (Å²) in [5.74, 6) is 0.659. The molecule has 0 saturated carbocycles. The van der Waals surface area contributed by atoms with Crippen molar-refractivity contribution in [2.75, 3.05) is 0 Å². The van der Waals surface area contributed by atoms with E-state index in [1.807, 2.05) is 0 Å². The van der Waals surface area contributed by atoms with Gasteiger partial charge in [0.15, 0.2) is 20.9 Å². The lowest BCUT2D eigenvalue weighted by atomic mass is 10.2. The molecule has 4 rings (SSSR count). The van der Waals surface area contributed by atoms with E-state index >= 15 is 0 Å². The van der Waals surface area contributed by atoms with Gasteiger partial charge in [-0.2, -0.15) is 0 Å². The van der Waals surface area contributed by atoms with Crippen LogP contribution in [-0.4, -0.2) is 9.97 Å². The van der Waals surface area contributed by atoms with Crippen molar-refractivity contribution in [2.24, 2.45) is 0 Å². The Morgan fingerprint density at radius 2 is 1.14 bits per heavy atom. The number of rotatable bonds is 2. The molecule has 2 aromatic heterocycles. The molecule has 108 valence electrons. The maximum Gasteiger partial charge on any atom is 0.280 e. The molecular formula is C14H4Br2N2O4. The number of nitrogens with zero attached hydrogens (tertiary/aromatic N) is 2. The first kappa shape index (κ1) is 13.6. The Balaban J connectivity index is 2.10. The van der Waals surface area contributed by atoms with Crippen LogP contribution in [0.1, 0.15) is 0 Å². The minimum atomic E-state index is -0.533. The smallest absolute Gasteiger partial charge is 0.280 e. The number of furan rings is 2. The average molecular weight is 424 g/mol. The van der Waals surface area contributed by atoms with Gasteiger partial charge in [-0.1, -0.05) is 0 Å². The van der Waals surface area contributed by atoms with Crippen molar-refractivity contribution in [3.8, 4) is 22.9 Å². The van der Waals surface area contributed by atoms with Crippen molar-refractivity contribution in [3.05, 3.63) is 64.7 Å². The third-order valence-corrected chi connectivity index (χ3v) is 4.04. The highest BCUT2D eigenvalue weighted by Gasteiger charge is 2.22. The second-order valence-electron chi connectivity index (χ2n) is 4.49. The van der Waals surface area contributed by atoms with Gasteiger partial charge >= 0.3 is 0 Å². The highest BCUT2D eigenvalue weighted by Crippen LogP contribution is 2.27. The second-order valence-corrected chi connectivity index (χ2v) is 6.05. The zero-order valence-electron chi connectivity index (χ0n) is 10.6. The molecule has 0 fully saturated rings. The van der Waals surface area contributed by atoms with Crippen molar-refractivity contribution < 1.29 is 8.83 Å². The predicted molar refractivity (Wildman–Crippen MR) is 83.0 cm³/mol. The summed E-state index contributed by atoms with van der Waals surface area (Å²) in [5.41, 5.74) is -0.676. The third kappa shape index (κ3) is 1.91. The Bertz CT molecular complexity index is 1060. The highest BCUT2D eigenvalue weighted by atomic mass is 79.9. The normalized spacial score (nSPS) is 11.5. The number of halogens is 2. The summed E-state index contributed by atoms with van der Waals surface area (Å²) in [6.45, 7) is 0. The van der Waals surface area contributed by atoms with Gasteiger partial charge in [-0.05, 0) is 56.1 Å².